The maximum absolute atomic E-state index is 13.8. The van der Waals surface area contributed by atoms with Crippen LogP contribution in [0.25, 0.3) is 0 Å². The average molecular weight is 375 g/mol. The number of ether oxygens (including phenoxy) is 2. The molecule has 0 saturated heterocycles. The Morgan fingerprint density at radius 2 is 1.73 bits per heavy atom. The van der Waals surface area contributed by atoms with Crippen LogP contribution in [0.15, 0.2) is 47.8 Å². The summed E-state index contributed by atoms with van der Waals surface area (Å²) in [6, 6.07) is 9.88. The summed E-state index contributed by atoms with van der Waals surface area (Å²) in [5.41, 5.74) is 0.718. The van der Waals surface area contributed by atoms with Gasteiger partial charge in [0.05, 0.1) is 11.3 Å². The molecule has 4 nitrogen and oxygen atoms in total. The smallest absolute Gasteiger partial charge is 0.162 e. The highest BCUT2D eigenvalue weighted by Crippen LogP contribution is 2.20. The Hall–Kier alpha value is -2.80. The van der Waals surface area contributed by atoms with Crippen LogP contribution in [0, 0.1) is 11.6 Å². The topological polar surface area (TPSA) is 48.4 Å². The summed E-state index contributed by atoms with van der Waals surface area (Å²) in [4.78, 5) is 15.6. The van der Waals surface area contributed by atoms with Crippen LogP contribution < -0.4 is 9.47 Å². The number of aromatic nitrogens is 1. The molecule has 0 fully saturated rings. The zero-order valence-electron chi connectivity index (χ0n) is 13.9. The maximum Gasteiger partial charge on any atom is 0.162 e. The SMILES string of the molecule is CC(=O)c1ccc(OCc2csc(COc3ccc(F)cc3)n2)cc1F. The predicted octanol–water partition coefficient (Wildman–Crippen LogP) is 4.78. The summed E-state index contributed by atoms with van der Waals surface area (Å²) < 4.78 is 37.6. The van der Waals surface area contributed by atoms with Gasteiger partial charge in [-0.1, -0.05) is 0 Å². The van der Waals surface area contributed by atoms with E-state index in [1.54, 1.807) is 18.2 Å². The first kappa shape index (κ1) is 18.0. The van der Waals surface area contributed by atoms with Crippen LogP contribution in [-0.2, 0) is 13.2 Å². The zero-order valence-corrected chi connectivity index (χ0v) is 14.7. The molecule has 0 saturated carbocycles. The van der Waals surface area contributed by atoms with E-state index < -0.39 is 5.82 Å². The summed E-state index contributed by atoms with van der Waals surface area (Å²) in [7, 11) is 0. The monoisotopic (exact) mass is 375 g/mol. The van der Waals surface area contributed by atoms with Crippen molar-refractivity contribution in [3.05, 3.63) is 75.7 Å². The summed E-state index contributed by atoms with van der Waals surface area (Å²) in [5, 5.41) is 2.56. The number of nitrogens with zero attached hydrogens (tertiary/aromatic N) is 1. The Morgan fingerprint density at radius 1 is 1.04 bits per heavy atom. The van der Waals surface area contributed by atoms with Gasteiger partial charge < -0.3 is 9.47 Å². The van der Waals surface area contributed by atoms with Gasteiger partial charge in [-0.05, 0) is 43.3 Å². The van der Waals surface area contributed by atoms with Gasteiger partial charge in [-0.2, -0.15) is 0 Å². The first-order chi connectivity index (χ1) is 12.5. The Balaban J connectivity index is 1.54. The molecule has 3 rings (SSSR count). The molecule has 0 aliphatic carbocycles. The number of Topliss-reactive ketones (excluding diaryl/α,β-unsaturated/α-hetero) is 1. The van der Waals surface area contributed by atoms with Crippen molar-refractivity contribution in [2.45, 2.75) is 20.1 Å². The van der Waals surface area contributed by atoms with Crippen molar-refractivity contribution in [3.8, 4) is 11.5 Å². The summed E-state index contributed by atoms with van der Waals surface area (Å²) in [6.07, 6.45) is 0. The van der Waals surface area contributed by atoms with Crippen LogP contribution in [-0.4, -0.2) is 10.8 Å². The molecule has 1 aromatic heterocycles. The minimum atomic E-state index is -0.610. The molecule has 0 N–H and O–H groups in total. The van der Waals surface area contributed by atoms with Crippen LogP contribution in [0.2, 0.25) is 0 Å². The molecular weight excluding hydrogens is 360 g/mol. The average Bonchev–Trinajstić information content (AvgIpc) is 3.07. The molecule has 0 radical (unpaired) electrons. The molecule has 0 aliphatic rings. The molecule has 134 valence electrons. The number of hydrogen-bond donors (Lipinski definition) is 0. The lowest BCUT2D eigenvalue weighted by Crippen LogP contribution is -2.01. The number of carbonyl (C=O) groups excluding carboxylic acids is 1. The van der Waals surface area contributed by atoms with E-state index in [1.165, 1.54) is 42.5 Å². The lowest BCUT2D eigenvalue weighted by molar-refractivity contribution is 0.101. The molecule has 2 aromatic carbocycles. The molecule has 0 aliphatic heterocycles. The molecule has 3 aromatic rings. The normalized spacial score (nSPS) is 10.6. The first-order valence-corrected chi connectivity index (χ1v) is 8.64. The lowest BCUT2D eigenvalue weighted by atomic mass is 10.1. The van der Waals surface area contributed by atoms with Gasteiger partial charge in [0.2, 0.25) is 0 Å². The van der Waals surface area contributed by atoms with Crippen LogP contribution in [0.1, 0.15) is 28.0 Å². The van der Waals surface area contributed by atoms with Crippen LogP contribution in [0.5, 0.6) is 11.5 Å². The quantitative estimate of drug-likeness (QED) is 0.558. The fourth-order valence-electron chi connectivity index (χ4n) is 2.19. The Bertz CT molecular complexity index is 909. The Morgan fingerprint density at radius 3 is 2.42 bits per heavy atom. The molecule has 0 unspecified atom stereocenters. The van der Waals surface area contributed by atoms with Crippen molar-refractivity contribution < 1.29 is 23.0 Å². The van der Waals surface area contributed by atoms with Gasteiger partial charge in [-0.15, -0.1) is 11.3 Å². The highest BCUT2D eigenvalue weighted by molar-refractivity contribution is 7.09. The first-order valence-electron chi connectivity index (χ1n) is 7.76. The van der Waals surface area contributed by atoms with Gasteiger partial charge in [0, 0.05) is 11.4 Å². The molecule has 0 bridgehead atoms. The van der Waals surface area contributed by atoms with Gasteiger partial charge in [-0.3, -0.25) is 4.79 Å². The van der Waals surface area contributed by atoms with E-state index in [4.69, 9.17) is 9.47 Å². The second-order valence-corrected chi connectivity index (χ2v) is 6.40. The van der Waals surface area contributed by atoms with Gasteiger partial charge in [0.15, 0.2) is 5.78 Å². The minimum Gasteiger partial charge on any atom is -0.487 e. The summed E-state index contributed by atoms with van der Waals surface area (Å²) in [6.45, 7) is 1.74. The van der Waals surface area contributed by atoms with Gasteiger partial charge in [0.25, 0.3) is 0 Å². The van der Waals surface area contributed by atoms with Crippen LogP contribution in [0.3, 0.4) is 0 Å². The van der Waals surface area contributed by atoms with Crippen molar-refractivity contribution in [2.75, 3.05) is 0 Å². The third-order valence-electron chi connectivity index (χ3n) is 3.48. The molecular formula is C19H15F2NO3S. The van der Waals surface area contributed by atoms with Crippen molar-refractivity contribution in [1.82, 2.24) is 4.98 Å². The van der Waals surface area contributed by atoms with Crippen LogP contribution >= 0.6 is 11.3 Å². The van der Waals surface area contributed by atoms with Crippen molar-refractivity contribution in [1.29, 1.82) is 0 Å². The third-order valence-corrected chi connectivity index (χ3v) is 4.35. The van der Waals surface area contributed by atoms with E-state index in [2.05, 4.69) is 4.98 Å². The molecule has 26 heavy (non-hydrogen) atoms. The van der Waals surface area contributed by atoms with E-state index in [9.17, 15) is 13.6 Å². The number of halogens is 2. The van der Waals surface area contributed by atoms with Crippen LogP contribution in [0.4, 0.5) is 8.78 Å². The molecule has 7 heteroatoms. The fourth-order valence-corrected chi connectivity index (χ4v) is 2.88. The van der Waals surface area contributed by atoms with E-state index in [0.29, 0.717) is 17.2 Å². The standard InChI is InChI=1S/C19H15F2NO3S/c1-12(23)17-7-6-16(8-18(17)21)24-9-14-11-26-19(22-14)10-25-15-4-2-13(20)3-5-15/h2-8,11H,9-10H2,1H3. The van der Waals surface area contributed by atoms with E-state index >= 15 is 0 Å². The fraction of sp³-hybridized carbons (Fsp3) is 0.158. The molecule has 0 atom stereocenters. The minimum absolute atomic E-state index is 0.0336. The van der Waals surface area contributed by atoms with Crippen molar-refractivity contribution in [3.63, 3.8) is 0 Å². The summed E-state index contributed by atoms with van der Waals surface area (Å²) in [5.74, 6) is -0.384. The highest BCUT2D eigenvalue weighted by Gasteiger charge is 2.09. The molecule has 0 spiro atoms. The lowest BCUT2D eigenvalue weighted by Gasteiger charge is -2.06. The number of ketones is 1. The Labute approximate surface area is 153 Å². The highest BCUT2D eigenvalue weighted by atomic mass is 32.1. The van der Waals surface area contributed by atoms with Crippen molar-refractivity contribution in [2.24, 2.45) is 0 Å². The Kier molecular flexibility index (Phi) is 5.58. The molecule has 0 amide bonds. The number of hydrogen-bond acceptors (Lipinski definition) is 5. The zero-order chi connectivity index (χ0) is 18.5. The largest absolute Gasteiger partial charge is 0.487 e. The predicted molar refractivity (Wildman–Crippen MR) is 93.6 cm³/mol. The third kappa shape index (κ3) is 4.64. The van der Waals surface area contributed by atoms with Gasteiger partial charge in [0.1, 0.15) is 41.4 Å². The summed E-state index contributed by atoms with van der Waals surface area (Å²) >= 11 is 1.41. The van der Waals surface area contributed by atoms with Crippen molar-refractivity contribution >= 4 is 17.1 Å². The second-order valence-electron chi connectivity index (χ2n) is 5.46. The number of thiazole rings is 1. The van der Waals surface area contributed by atoms with Gasteiger partial charge >= 0.3 is 0 Å². The number of benzene rings is 2. The number of rotatable bonds is 7. The molecule has 1 heterocycles. The maximum atomic E-state index is 13.8. The van der Waals surface area contributed by atoms with E-state index in [0.717, 1.165) is 5.01 Å². The second kappa shape index (κ2) is 8.05. The van der Waals surface area contributed by atoms with E-state index in [-0.39, 0.29) is 30.4 Å². The number of carbonyl (C=O) groups is 1. The van der Waals surface area contributed by atoms with Gasteiger partial charge in [-0.25, -0.2) is 13.8 Å². The van der Waals surface area contributed by atoms with E-state index in [1.807, 2.05) is 5.38 Å².